The molecule has 1 aliphatic heterocycles. The molecule has 0 aliphatic carbocycles. The summed E-state index contributed by atoms with van der Waals surface area (Å²) in [5.74, 6) is 1.60. The lowest BCUT2D eigenvalue weighted by Gasteiger charge is -2.02. The van der Waals surface area contributed by atoms with Crippen LogP contribution in [0, 0.1) is 0 Å². The van der Waals surface area contributed by atoms with Crippen LogP contribution in [0.5, 0.6) is 5.75 Å². The molecule has 1 fully saturated rings. The van der Waals surface area contributed by atoms with Crippen LogP contribution >= 0.6 is 0 Å². The first-order valence-electron chi connectivity index (χ1n) is 5.55. The van der Waals surface area contributed by atoms with E-state index in [9.17, 15) is 0 Å². The summed E-state index contributed by atoms with van der Waals surface area (Å²) in [6.45, 7) is 1.05. The van der Waals surface area contributed by atoms with Crippen LogP contribution in [-0.2, 0) is 0 Å². The van der Waals surface area contributed by atoms with E-state index in [-0.39, 0.29) is 6.04 Å². The molecule has 84 valence electrons. The first kappa shape index (κ1) is 9.66. The fourth-order valence-electron chi connectivity index (χ4n) is 2.10. The molecule has 2 heterocycles. The number of hydrogen-bond donors (Lipinski definition) is 1. The van der Waals surface area contributed by atoms with Gasteiger partial charge in [0.05, 0.1) is 13.2 Å². The quantitative estimate of drug-likeness (QED) is 0.839. The molecule has 3 rings (SSSR count). The van der Waals surface area contributed by atoms with E-state index in [1.54, 1.807) is 7.11 Å². The summed E-state index contributed by atoms with van der Waals surface area (Å²) in [4.78, 5) is 4.49. The fourth-order valence-corrected chi connectivity index (χ4v) is 2.10. The molecule has 0 saturated carbocycles. The third kappa shape index (κ3) is 1.55. The second-order valence-electron chi connectivity index (χ2n) is 4.03. The molecular formula is C12H14N2O2. The predicted molar refractivity (Wildman–Crippen MR) is 60.5 cm³/mol. The molecule has 0 spiro atoms. The Morgan fingerprint density at radius 1 is 1.50 bits per heavy atom. The van der Waals surface area contributed by atoms with Gasteiger partial charge in [0.2, 0.25) is 5.89 Å². The van der Waals surface area contributed by atoms with Crippen molar-refractivity contribution in [3.63, 3.8) is 0 Å². The molecule has 1 aliphatic rings. The summed E-state index contributed by atoms with van der Waals surface area (Å²) < 4.78 is 10.9. The van der Waals surface area contributed by atoms with E-state index in [0.29, 0.717) is 0 Å². The van der Waals surface area contributed by atoms with Gasteiger partial charge in [0.15, 0.2) is 5.58 Å². The number of nitrogens with zero attached hydrogens (tertiary/aromatic N) is 1. The highest BCUT2D eigenvalue weighted by Gasteiger charge is 2.21. The summed E-state index contributed by atoms with van der Waals surface area (Å²) >= 11 is 0. The highest BCUT2D eigenvalue weighted by Crippen LogP contribution is 2.27. The van der Waals surface area contributed by atoms with Crippen molar-refractivity contribution < 1.29 is 9.15 Å². The van der Waals surface area contributed by atoms with E-state index in [1.165, 1.54) is 6.42 Å². The van der Waals surface area contributed by atoms with Gasteiger partial charge in [-0.05, 0) is 31.5 Å². The molecule has 1 aromatic heterocycles. The molecule has 1 N–H and O–H groups in total. The van der Waals surface area contributed by atoms with Crippen LogP contribution in [-0.4, -0.2) is 18.6 Å². The van der Waals surface area contributed by atoms with Crippen molar-refractivity contribution in [2.45, 2.75) is 18.9 Å². The third-order valence-electron chi connectivity index (χ3n) is 2.97. The predicted octanol–water partition coefficient (Wildman–Crippen LogP) is 2.26. The maximum Gasteiger partial charge on any atom is 0.212 e. The lowest BCUT2D eigenvalue weighted by Crippen LogP contribution is -2.12. The molecule has 0 unspecified atom stereocenters. The normalized spacial score (nSPS) is 20.4. The van der Waals surface area contributed by atoms with Gasteiger partial charge in [0.1, 0.15) is 11.3 Å². The van der Waals surface area contributed by atoms with Gasteiger partial charge in [-0.25, -0.2) is 4.98 Å². The monoisotopic (exact) mass is 218 g/mol. The van der Waals surface area contributed by atoms with E-state index in [4.69, 9.17) is 9.15 Å². The Morgan fingerprint density at radius 3 is 3.19 bits per heavy atom. The van der Waals surface area contributed by atoms with E-state index in [0.717, 1.165) is 35.7 Å². The average Bonchev–Trinajstić information content (AvgIpc) is 2.96. The van der Waals surface area contributed by atoms with E-state index in [2.05, 4.69) is 10.3 Å². The zero-order valence-corrected chi connectivity index (χ0v) is 9.19. The SMILES string of the molecule is COc1ccc2oc([C@@H]3CCCN3)nc2c1. The number of fused-ring (bicyclic) bond motifs is 1. The van der Waals surface area contributed by atoms with Crippen LogP contribution in [0.3, 0.4) is 0 Å². The number of hydrogen-bond acceptors (Lipinski definition) is 4. The lowest BCUT2D eigenvalue weighted by atomic mass is 10.2. The Balaban J connectivity index is 2.01. The molecule has 16 heavy (non-hydrogen) atoms. The molecule has 1 aromatic carbocycles. The largest absolute Gasteiger partial charge is 0.497 e. The summed E-state index contributed by atoms with van der Waals surface area (Å²) in [6.07, 6.45) is 2.29. The summed E-state index contributed by atoms with van der Waals surface area (Å²) in [5, 5.41) is 3.37. The Hall–Kier alpha value is -1.55. The summed E-state index contributed by atoms with van der Waals surface area (Å²) in [5.41, 5.74) is 1.69. The van der Waals surface area contributed by atoms with Crippen LogP contribution in [0.25, 0.3) is 11.1 Å². The Bertz CT molecular complexity index is 501. The van der Waals surface area contributed by atoms with Gasteiger partial charge in [-0.15, -0.1) is 0 Å². The first-order chi connectivity index (χ1) is 7.86. The van der Waals surface area contributed by atoms with Crippen molar-refractivity contribution in [3.05, 3.63) is 24.1 Å². The van der Waals surface area contributed by atoms with Gasteiger partial charge >= 0.3 is 0 Å². The van der Waals surface area contributed by atoms with E-state index in [1.807, 2.05) is 18.2 Å². The van der Waals surface area contributed by atoms with Crippen LogP contribution in [0.2, 0.25) is 0 Å². The number of benzene rings is 1. The summed E-state index contributed by atoms with van der Waals surface area (Å²) in [6, 6.07) is 5.97. The zero-order valence-electron chi connectivity index (χ0n) is 9.19. The molecule has 4 heteroatoms. The standard InChI is InChI=1S/C12H14N2O2/c1-15-8-4-5-11-10(7-8)14-12(16-11)9-3-2-6-13-9/h4-5,7,9,13H,2-3,6H2,1H3/t9-/m0/s1. The Kier molecular flexibility index (Phi) is 2.29. The topological polar surface area (TPSA) is 47.3 Å². The molecule has 1 saturated heterocycles. The van der Waals surface area contributed by atoms with Crippen LogP contribution in [0.15, 0.2) is 22.6 Å². The number of methoxy groups -OCH3 is 1. The number of rotatable bonds is 2. The molecule has 0 amide bonds. The number of oxazole rings is 1. The molecule has 0 bridgehead atoms. The second kappa shape index (κ2) is 3.79. The molecule has 4 nitrogen and oxygen atoms in total. The van der Waals surface area contributed by atoms with Crippen LogP contribution in [0.4, 0.5) is 0 Å². The van der Waals surface area contributed by atoms with Gasteiger partial charge in [-0.2, -0.15) is 0 Å². The molecule has 2 aromatic rings. The van der Waals surface area contributed by atoms with Crippen molar-refractivity contribution in [1.29, 1.82) is 0 Å². The van der Waals surface area contributed by atoms with Crippen LogP contribution < -0.4 is 10.1 Å². The smallest absolute Gasteiger partial charge is 0.212 e. The Labute approximate surface area is 93.6 Å². The second-order valence-corrected chi connectivity index (χ2v) is 4.03. The average molecular weight is 218 g/mol. The highest BCUT2D eigenvalue weighted by molar-refractivity contribution is 5.74. The highest BCUT2D eigenvalue weighted by atomic mass is 16.5. The van der Waals surface area contributed by atoms with E-state index >= 15 is 0 Å². The van der Waals surface area contributed by atoms with Crippen molar-refractivity contribution in [1.82, 2.24) is 10.3 Å². The van der Waals surface area contributed by atoms with Crippen molar-refractivity contribution in [2.24, 2.45) is 0 Å². The third-order valence-corrected chi connectivity index (χ3v) is 2.97. The minimum absolute atomic E-state index is 0.276. The lowest BCUT2D eigenvalue weighted by molar-refractivity contribution is 0.415. The van der Waals surface area contributed by atoms with Crippen molar-refractivity contribution in [3.8, 4) is 5.75 Å². The number of nitrogens with one attached hydrogen (secondary N) is 1. The minimum atomic E-state index is 0.276. The van der Waals surface area contributed by atoms with Crippen LogP contribution in [0.1, 0.15) is 24.8 Å². The summed E-state index contributed by atoms with van der Waals surface area (Å²) in [7, 11) is 1.65. The molecule has 1 atom stereocenters. The first-order valence-corrected chi connectivity index (χ1v) is 5.55. The maximum absolute atomic E-state index is 5.72. The van der Waals surface area contributed by atoms with Gasteiger partial charge < -0.3 is 14.5 Å². The van der Waals surface area contributed by atoms with Gasteiger partial charge in [0, 0.05) is 6.07 Å². The number of ether oxygens (including phenoxy) is 1. The van der Waals surface area contributed by atoms with Crippen molar-refractivity contribution in [2.75, 3.05) is 13.7 Å². The van der Waals surface area contributed by atoms with Crippen molar-refractivity contribution >= 4 is 11.1 Å². The fraction of sp³-hybridized carbons (Fsp3) is 0.417. The number of aromatic nitrogens is 1. The minimum Gasteiger partial charge on any atom is -0.497 e. The molecular weight excluding hydrogens is 204 g/mol. The molecule has 0 radical (unpaired) electrons. The van der Waals surface area contributed by atoms with E-state index < -0.39 is 0 Å². The van der Waals surface area contributed by atoms with Gasteiger partial charge in [0.25, 0.3) is 0 Å². The van der Waals surface area contributed by atoms with Gasteiger partial charge in [-0.3, -0.25) is 0 Å². The zero-order chi connectivity index (χ0) is 11.0. The maximum atomic E-state index is 5.72. The Morgan fingerprint density at radius 2 is 2.44 bits per heavy atom. The van der Waals surface area contributed by atoms with Gasteiger partial charge in [-0.1, -0.05) is 0 Å².